The second-order valence-electron chi connectivity index (χ2n) is 6.18. The van der Waals surface area contributed by atoms with Gasteiger partial charge in [-0.25, -0.2) is 17.9 Å². The molecule has 3 rings (SSSR count). The predicted octanol–water partition coefficient (Wildman–Crippen LogP) is 3.06. The highest BCUT2D eigenvalue weighted by Crippen LogP contribution is 2.29. The van der Waals surface area contributed by atoms with Crippen LogP contribution in [0, 0.1) is 5.82 Å². The fraction of sp³-hybridized carbons (Fsp3) is 0.167. The number of hydrogen-bond donors (Lipinski definition) is 3. The van der Waals surface area contributed by atoms with Crippen LogP contribution in [-0.4, -0.2) is 29.8 Å². The number of carbonyl (C=O) groups is 1. The molecule has 0 saturated heterocycles. The van der Waals surface area contributed by atoms with Gasteiger partial charge in [-0.05, 0) is 42.8 Å². The van der Waals surface area contributed by atoms with Gasteiger partial charge in [-0.1, -0.05) is 41.3 Å². The normalized spacial score (nSPS) is 12.4. The molecule has 3 aromatic rings. The molecule has 1 atom stereocenters. The van der Waals surface area contributed by atoms with E-state index in [4.69, 9.17) is 5.14 Å². The Bertz CT molecular complexity index is 1140. The minimum Gasteiger partial charge on any atom is -0.356 e. The van der Waals surface area contributed by atoms with Crippen LogP contribution in [0.2, 0.25) is 0 Å². The number of sulfonamides is 1. The standard InChI is InChI=1S/C18H18FN5O3S3/c1-11(16(25)22-14-3-2-4-15(9-14)30(20,26)27)28-18-24-23-17(29-18)21-10-12-5-7-13(19)8-6-12/h2-9,11H,10H2,1H3,(H,21,23)(H,22,25)(H2,20,26,27)/t11-/m0/s1. The first-order valence-corrected chi connectivity index (χ1v) is 11.9. The lowest BCUT2D eigenvalue weighted by Crippen LogP contribution is -2.22. The van der Waals surface area contributed by atoms with Crippen LogP contribution in [0.5, 0.6) is 0 Å². The first kappa shape index (κ1) is 22.2. The topological polar surface area (TPSA) is 127 Å². The summed E-state index contributed by atoms with van der Waals surface area (Å²) in [6, 6.07) is 11.8. The van der Waals surface area contributed by atoms with Crippen LogP contribution < -0.4 is 15.8 Å². The van der Waals surface area contributed by atoms with E-state index in [1.165, 1.54) is 53.4 Å². The Labute approximate surface area is 181 Å². The number of benzene rings is 2. The molecular weight excluding hydrogens is 449 g/mol. The number of nitrogens with two attached hydrogens (primary N) is 1. The predicted molar refractivity (Wildman–Crippen MR) is 115 cm³/mol. The van der Waals surface area contributed by atoms with E-state index in [1.807, 2.05) is 0 Å². The van der Waals surface area contributed by atoms with Gasteiger partial charge in [-0.15, -0.1) is 10.2 Å². The number of primary sulfonamides is 1. The van der Waals surface area contributed by atoms with Crippen LogP contribution in [-0.2, 0) is 21.4 Å². The largest absolute Gasteiger partial charge is 0.356 e. The molecule has 0 aliphatic rings. The van der Waals surface area contributed by atoms with Crippen molar-refractivity contribution in [3.8, 4) is 0 Å². The molecule has 2 aromatic carbocycles. The van der Waals surface area contributed by atoms with E-state index >= 15 is 0 Å². The van der Waals surface area contributed by atoms with E-state index in [2.05, 4.69) is 20.8 Å². The molecule has 0 spiro atoms. The molecule has 8 nitrogen and oxygen atoms in total. The number of thioether (sulfide) groups is 1. The van der Waals surface area contributed by atoms with Crippen molar-refractivity contribution in [1.29, 1.82) is 0 Å². The molecule has 0 fully saturated rings. The maximum absolute atomic E-state index is 12.9. The van der Waals surface area contributed by atoms with Gasteiger partial charge >= 0.3 is 0 Å². The quantitative estimate of drug-likeness (QED) is 0.435. The molecule has 0 radical (unpaired) electrons. The SMILES string of the molecule is C[C@H](Sc1nnc(NCc2ccc(F)cc2)s1)C(=O)Nc1cccc(S(N)(=O)=O)c1. The van der Waals surface area contributed by atoms with Crippen molar-refractivity contribution in [1.82, 2.24) is 10.2 Å². The zero-order chi connectivity index (χ0) is 21.7. The third-order valence-electron chi connectivity index (χ3n) is 3.84. The fourth-order valence-corrected chi connectivity index (χ4v) is 4.76. The summed E-state index contributed by atoms with van der Waals surface area (Å²) in [5, 5.41) is 19.0. The van der Waals surface area contributed by atoms with Crippen LogP contribution in [0.15, 0.2) is 57.8 Å². The summed E-state index contributed by atoms with van der Waals surface area (Å²) in [6.07, 6.45) is 0. The first-order chi connectivity index (χ1) is 14.2. The maximum atomic E-state index is 12.9. The molecular formula is C18H18FN5O3S3. The molecule has 0 bridgehead atoms. The zero-order valence-electron chi connectivity index (χ0n) is 15.7. The van der Waals surface area contributed by atoms with Crippen LogP contribution in [0.3, 0.4) is 0 Å². The van der Waals surface area contributed by atoms with Crippen molar-refractivity contribution in [3.63, 3.8) is 0 Å². The second kappa shape index (κ2) is 9.51. The Morgan fingerprint density at radius 3 is 2.67 bits per heavy atom. The maximum Gasteiger partial charge on any atom is 0.238 e. The van der Waals surface area contributed by atoms with Gasteiger partial charge in [0, 0.05) is 12.2 Å². The highest BCUT2D eigenvalue weighted by Gasteiger charge is 2.18. The summed E-state index contributed by atoms with van der Waals surface area (Å²) in [5.74, 6) is -0.611. The fourth-order valence-electron chi connectivity index (χ4n) is 2.31. The number of nitrogens with one attached hydrogen (secondary N) is 2. The van der Waals surface area contributed by atoms with Gasteiger partial charge in [0.05, 0.1) is 10.1 Å². The molecule has 0 unspecified atom stereocenters. The molecule has 0 aliphatic heterocycles. The Balaban J connectivity index is 1.55. The average Bonchev–Trinajstić information content (AvgIpc) is 3.14. The van der Waals surface area contributed by atoms with Crippen molar-refractivity contribution in [2.24, 2.45) is 5.14 Å². The minimum atomic E-state index is -3.85. The molecule has 158 valence electrons. The van der Waals surface area contributed by atoms with Gasteiger partial charge in [0.2, 0.25) is 21.1 Å². The van der Waals surface area contributed by atoms with Crippen molar-refractivity contribution in [3.05, 3.63) is 59.9 Å². The van der Waals surface area contributed by atoms with E-state index in [0.29, 0.717) is 21.7 Å². The Kier molecular flexibility index (Phi) is 7.02. The lowest BCUT2D eigenvalue weighted by molar-refractivity contribution is -0.115. The highest BCUT2D eigenvalue weighted by molar-refractivity contribution is 8.02. The van der Waals surface area contributed by atoms with Gasteiger partial charge in [0.25, 0.3) is 0 Å². The zero-order valence-corrected chi connectivity index (χ0v) is 18.2. The Morgan fingerprint density at radius 1 is 1.23 bits per heavy atom. The molecule has 0 saturated carbocycles. The van der Waals surface area contributed by atoms with Crippen LogP contribution in [0.25, 0.3) is 0 Å². The van der Waals surface area contributed by atoms with E-state index in [-0.39, 0.29) is 16.6 Å². The molecule has 30 heavy (non-hydrogen) atoms. The number of anilines is 2. The van der Waals surface area contributed by atoms with Gasteiger partial charge in [0.15, 0.2) is 4.34 Å². The first-order valence-electron chi connectivity index (χ1n) is 8.63. The summed E-state index contributed by atoms with van der Waals surface area (Å²) >= 11 is 2.52. The van der Waals surface area contributed by atoms with Crippen LogP contribution >= 0.6 is 23.1 Å². The van der Waals surface area contributed by atoms with Gasteiger partial charge in [-0.2, -0.15) is 0 Å². The number of rotatable bonds is 8. The number of amides is 1. The summed E-state index contributed by atoms with van der Waals surface area (Å²) in [7, 11) is -3.85. The van der Waals surface area contributed by atoms with Gasteiger partial charge in [-0.3, -0.25) is 4.79 Å². The molecule has 0 aliphatic carbocycles. The molecule has 1 heterocycles. The average molecular weight is 468 g/mol. The monoisotopic (exact) mass is 467 g/mol. The van der Waals surface area contributed by atoms with E-state index < -0.39 is 15.3 Å². The van der Waals surface area contributed by atoms with Crippen molar-refractivity contribution >= 4 is 49.8 Å². The molecule has 1 amide bonds. The smallest absolute Gasteiger partial charge is 0.238 e. The number of aromatic nitrogens is 2. The van der Waals surface area contributed by atoms with Gasteiger partial charge < -0.3 is 10.6 Å². The lowest BCUT2D eigenvalue weighted by Gasteiger charge is -2.11. The van der Waals surface area contributed by atoms with Crippen molar-refractivity contribution in [2.75, 3.05) is 10.6 Å². The lowest BCUT2D eigenvalue weighted by atomic mass is 10.2. The summed E-state index contributed by atoms with van der Waals surface area (Å²) in [4.78, 5) is 12.3. The Morgan fingerprint density at radius 2 is 1.97 bits per heavy atom. The number of hydrogen-bond acceptors (Lipinski definition) is 8. The Hall–Kier alpha value is -2.54. The second-order valence-corrected chi connectivity index (χ2v) is 10.3. The van der Waals surface area contributed by atoms with E-state index in [9.17, 15) is 17.6 Å². The molecule has 1 aromatic heterocycles. The third-order valence-corrected chi connectivity index (χ3v) is 6.82. The van der Waals surface area contributed by atoms with Crippen molar-refractivity contribution in [2.45, 2.75) is 28.0 Å². The minimum absolute atomic E-state index is 0.0819. The van der Waals surface area contributed by atoms with Crippen LogP contribution in [0.1, 0.15) is 12.5 Å². The van der Waals surface area contributed by atoms with Crippen LogP contribution in [0.4, 0.5) is 15.2 Å². The van der Waals surface area contributed by atoms with Crippen molar-refractivity contribution < 1.29 is 17.6 Å². The van der Waals surface area contributed by atoms with E-state index in [1.54, 1.807) is 25.1 Å². The number of nitrogens with zero attached hydrogens (tertiary/aromatic N) is 2. The molecule has 4 N–H and O–H groups in total. The molecule has 12 heteroatoms. The number of carbonyl (C=O) groups excluding carboxylic acids is 1. The third kappa shape index (κ3) is 6.23. The summed E-state index contributed by atoms with van der Waals surface area (Å²) in [6.45, 7) is 2.17. The summed E-state index contributed by atoms with van der Waals surface area (Å²) in [5.41, 5.74) is 1.23. The number of halogens is 1. The van der Waals surface area contributed by atoms with Gasteiger partial charge in [0.1, 0.15) is 5.82 Å². The summed E-state index contributed by atoms with van der Waals surface area (Å²) < 4.78 is 36.4. The highest BCUT2D eigenvalue weighted by atomic mass is 32.2. The van der Waals surface area contributed by atoms with E-state index in [0.717, 1.165) is 5.56 Å².